The largest absolute Gasteiger partial charge is 0.462 e. The van der Waals surface area contributed by atoms with Crippen LogP contribution in [0.25, 0.3) is 0 Å². The van der Waals surface area contributed by atoms with Gasteiger partial charge < -0.3 is 4.74 Å². The third-order valence-electron chi connectivity index (χ3n) is 15.8. The van der Waals surface area contributed by atoms with E-state index in [4.69, 9.17) is 4.74 Å². The van der Waals surface area contributed by atoms with Crippen LogP contribution < -0.4 is 0 Å². The van der Waals surface area contributed by atoms with Crippen LogP contribution in [-0.4, -0.2) is 12.1 Å². The first-order valence-electron chi connectivity index (χ1n) is 22.4. The summed E-state index contributed by atoms with van der Waals surface area (Å²) in [6.45, 7) is 22.6. The van der Waals surface area contributed by atoms with Crippen LogP contribution in [0.4, 0.5) is 0 Å². The van der Waals surface area contributed by atoms with Gasteiger partial charge in [0.05, 0.1) is 0 Å². The molecule has 50 heavy (non-hydrogen) atoms. The number of allylic oxidation sites excluding steroid dienone is 4. The van der Waals surface area contributed by atoms with Gasteiger partial charge in [0.15, 0.2) is 0 Å². The molecular formula is C48H84O2. The summed E-state index contributed by atoms with van der Waals surface area (Å²) in [5.74, 6) is 3.18. The van der Waals surface area contributed by atoms with E-state index >= 15 is 0 Å². The van der Waals surface area contributed by atoms with E-state index in [1.165, 1.54) is 135 Å². The number of hydrogen-bond donors (Lipinski definition) is 0. The lowest BCUT2D eigenvalue weighted by Gasteiger charge is -2.62. The van der Waals surface area contributed by atoms with E-state index in [2.05, 4.69) is 74.5 Å². The average Bonchev–Trinajstić information content (AvgIpc) is 3.35. The number of ether oxygens (including phenoxy) is 1. The highest BCUT2D eigenvalue weighted by Crippen LogP contribution is 2.72. The minimum Gasteiger partial charge on any atom is -0.462 e. The summed E-state index contributed by atoms with van der Waals surface area (Å²) in [6.07, 6.45) is 36.6. The lowest BCUT2D eigenvalue weighted by Crippen LogP contribution is -2.55. The van der Waals surface area contributed by atoms with E-state index in [0.717, 1.165) is 37.0 Å². The zero-order valence-corrected chi connectivity index (χ0v) is 35.0. The molecule has 0 bridgehead atoms. The molecule has 0 aromatic rings. The molecule has 2 saturated carbocycles. The number of esters is 1. The molecule has 0 spiro atoms. The lowest BCUT2D eigenvalue weighted by molar-refractivity contribution is -0.170. The average molecular weight is 693 g/mol. The Balaban J connectivity index is 1.22. The molecule has 0 aromatic heterocycles. The smallest absolute Gasteiger partial charge is 0.306 e. The zero-order chi connectivity index (χ0) is 36.4. The molecule has 4 aliphatic rings. The van der Waals surface area contributed by atoms with E-state index < -0.39 is 0 Å². The summed E-state index contributed by atoms with van der Waals surface area (Å²) in [4.78, 5) is 13.1. The number of unbranched alkanes of at least 4 members (excludes halogenated alkanes) is 11. The highest BCUT2D eigenvalue weighted by Gasteiger charge is 2.63. The van der Waals surface area contributed by atoms with Gasteiger partial charge in [0, 0.05) is 11.8 Å². The molecule has 4 rings (SSSR count). The third-order valence-corrected chi connectivity index (χ3v) is 15.8. The second kappa shape index (κ2) is 18.8. The van der Waals surface area contributed by atoms with Gasteiger partial charge in [-0.25, -0.2) is 0 Å². The van der Waals surface area contributed by atoms with Crippen molar-refractivity contribution in [3.05, 3.63) is 23.3 Å². The Morgan fingerprint density at radius 1 is 0.720 bits per heavy atom. The summed E-state index contributed by atoms with van der Waals surface area (Å²) in [5.41, 5.74) is 4.83. The standard InChI is InChI=1S/C48H84O2/c1-10-11-12-13-14-15-16-17-18-19-20-21-22-23-24-28-44(49)50-43-33-34-46(7)40-32-36-47(8)39(38(4)27-25-26-37(2)3)31-35-48(47,9)41(40)29-30-42(46)45(43,5)6/h17-18,37-39,42-43H,10-16,19-36H2,1-9H3/b18-17-. The molecule has 0 heterocycles. The van der Waals surface area contributed by atoms with Crippen molar-refractivity contribution in [1.29, 1.82) is 0 Å². The van der Waals surface area contributed by atoms with Crippen LogP contribution in [0.1, 0.15) is 223 Å². The number of fused-ring (bicyclic) bond motifs is 4. The number of hydrogen-bond acceptors (Lipinski definition) is 2. The third kappa shape index (κ3) is 9.54. The van der Waals surface area contributed by atoms with Crippen LogP contribution in [0.15, 0.2) is 23.3 Å². The van der Waals surface area contributed by atoms with E-state index in [1.54, 1.807) is 0 Å². The molecule has 2 heteroatoms. The first-order valence-corrected chi connectivity index (χ1v) is 22.4. The van der Waals surface area contributed by atoms with Gasteiger partial charge in [-0.3, -0.25) is 4.79 Å². The molecule has 4 aliphatic carbocycles. The minimum atomic E-state index is 0.0224. The minimum absolute atomic E-state index is 0.0224. The van der Waals surface area contributed by atoms with Crippen molar-refractivity contribution in [2.45, 2.75) is 229 Å². The lowest BCUT2D eigenvalue weighted by atomic mass is 9.43. The summed E-state index contributed by atoms with van der Waals surface area (Å²) in [5, 5.41) is 0. The van der Waals surface area contributed by atoms with Gasteiger partial charge in [0.1, 0.15) is 6.10 Å². The summed E-state index contributed by atoms with van der Waals surface area (Å²) in [7, 11) is 0. The molecule has 2 nitrogen and oxygen atoms in total. The predicted molar refractivity (Wildman–Crippen MR) is 216 cm³/mol. The van der Waals surface area contributed by atoms with Crippen molar-refractivity contribution < 1.29 is 9.53 Å². The molecule has 0 radical (unpaired) electrons. The normalized spacial score (nSPS) is 32.6. The molecular weight excluding hydrogens is 609 g/mol. The SMILES string of the molecule is CCCCCCCC/C=C\CCCCCCCC(=O)OC1CCC2(C)C3=C(CCC2C1(C)C)C1(C)CCC(C(C)CCCC(C)C)C1(C)CC3. The van der Waals surface area contributed by atoms with Crippen molar-refractivity contribution in [2.75, 3.05) is 0 Å². The summed E-state index contributed by atoms with van der Waals surface area (Å²) < 4.78 is 6.38. The Hall–Kier alpha value is -1.05. The van der Waals surface area contributed by atoms with E-state index in [0.29, 0.717) is 23.2 Å². The van der Waals surface area contributed by atoms with E-state index in [-0.39, 0.29) is 22.9 Å². The molecule has 0 aliphatic heterocycles. The van der Waals surface area contributed by atoms with Gasteiger partial charge >= 0.3 is 5.97 Å². The molecule has 2 fully saturated rings. The van der Waals surface area contributed by atoms with Gasteiger partial charge in [0.25, 0.3) is 0 Å². The molecule has 0 saturated heterocycles. The Morgan fingerprint density at radius 2 is 1.36 bits per heavy atom. The molecule has 0 N–H and O–H groups in total. The predicted octanol–water partition coefficient (Wildman–Crippen LogP) is 15.1. The van der Waals surface area contributed by atoms with Crippen LogP contribution in [0.5, 0.6) is 0 Å². The fourth-order valence-electron chi connectivity index (χ4n) is 12.4. The van der Waals surface area contributed by atoms with Crippen molar-refractivity contribution in [1.82, 2.24) is 0 Å². The quantitative estimate of drug-likeness (QED) is 0.0680. The Bertz CT molecular complexity index is 1110. The first-order chi connectivity index (χ1) is 23.8. The Labute approximate surface area is 312 Å². The van der Waals surface area contributed by atoms with Crippen LogP contribution in [0.3, 0.4) is 0 Å². The maximum atomic E-state index is 13.1. The maximum absolute atomic E-state index is 13.1. The number of carbonyl (C=O) groups is 1. The topological polar surface area (TPSA) is 26.3 Å². The second-order valence-corrected chi connectivity index (χ2v) is 19.8. The summed E-state index contributed by atoms with van der Waals surface area (Å²) >= 11 is 0. The van der Waals surface area contributed by atoms with Gasteiger partial charge in [-0.1, -0.05) is 156 Å². The van der Waals surface area contributed by atoms with Gasteiger partial charge in [-0.15, -0.1) is 0 Å². The molecule has 7 atom stereocenters. The molecule has 288 valence electrons. The van der Waals surface area contributed by atoms with Gasteiger partial charge in [0.2, 0.25) is 0 Å². The van der Waals surface area contributed by atoms with Gasteiger partial charge in [-0.05, 0) is 123 Å². The fourth-order valence-corrected chi connectivity index (χ4v) is 12.4. The second-order valence-electron chi connectivity index (χ2n) is 19.8. The number of carbonyl (C=O) groups excluding carboxylic acids is 1. The molecule has 0 aromatic carbocycles. The van der Waals surface area contributed by atoms with Crippen molar-refractivity contribution in [3.8, 4) is 0 Å². The highest BCUT2D eigenvalue weighted by molar-refractivity contribution is 5.69. The molecule has 7 unspecified atom stereocenters. The Morgan fingerprint density at radius 3 is 2.02 bits per heavy atom. The van der Waals surface area contributed by atoms with Crippen molar-refractivity contribution >= 4 is 5.97 Å². The van der Waals surface area contributed by atoms with Crippen LogP contribution in [0, 0.1) is 45.3 Å². The van der Waals surface area contributed by atoms with Crippen molar-refractivity contribution in [3.63, 3.8) is 0 Å². The van der Waals surface area contributed by atoms with Crippen LogP contribution in [-0.2, 0) is 9.53 Å². The fraction of sp³-hybridized carbons (Fsp3) is 0.896. The first kappa shape index (κ1) is 41.7. The highest BCUT2D eigenvalue weighted by atomic mass is 16.5. The van der Waals surface area contributed by atoms with Crippen molar-refractivity contribution in [2.24, 2.45) is 45.3 Å². The number of rotatable bonds is 21. The molecule has 0 amide bonds. The monoisotopic (exact) mass is 693 g/mol. The van der Waals surface area contributed by atoms with E-state index in [9.17, 15) is 4.79 Å². The van der Waals surface area contributed by atoms with Crippen LogP contribution >= 0.6 is 0 Å². The maximum Gasteiger partial charge on any atom is 0.306 e. The zero-order valence-electron chi connectivity index (χ0n) is 35.0. The van der Waals surface area contributed by atoms with E-state index in [1.807, 2.05) is 11.1 Å². The summed E-state index contributed by atoms with van der Waals surface area (Å²) in [6, 6.07) is 0. The van der Waals surface area contributed by atoms with Gasteiger partial charge in [-0.2, -0.15) is 0 Å². The Kier molecular flexibility index (Phi) is 15.7. The van der Waals surface area contributed by atoms with Crippen LogP contribution in [0.2, 0.25) is 0 Å².